The fraction of sp³-hybridized carbons (Fsp3) is 0.348. The van der Waals surface area contributed by atoms with Crippen LogP contribution in [0.15, 0.2) is 71.6 Å². The minimum absolute atomic E-state index is 0.0965. The van der Waals surface area contributed by atoms with Crippen LogP contribution in [0.2, 0.25) is 13.1 Å². The molecule has 0 aliphatic carbocycles. The maximum absolute atomic E-state index is 13.9. The Labute approximate surface area is 185 Å². The average Bonchev–Trinajstić information content (AvgIpc) is 2.73. The lowest BCUT2D eigenvalue weighted by molar-refractivity contribution is -0.160. The lowest BCUT2D eigenvalue weighted by atomic mass is 9.97. The molecule has 0 amide bonds. The minimum Gasteiger partial charge on any atom is -0.465 e. The normalized spacial score (nSPS) is 22.1. The van der Waals surface area contributed by atoms with Gasteiger partial charge in [-0.05, 0) is 31.6 Å². The highest BCUT2D eigenvalue weighted by molar-refractivity contribution is 7.89. The van der Waals surface area contributed by atoms with Crippen molar-refractivity contribution in [3.63, 3.8) is 0 Å². The zero-order valence-electron chi connectivity index (χ0n) is 18.6. The van der Waals surface area contributed by atoms with Crippen molar-refractivity contribution in [2.45, 2.75) is 43.2 Å². The Hall–Kier alpha value is -2.26. The maximum Gasteiger partial charge on any atom is 0.328 e. The van der Waals surface area contributed by atoms with Crippen molar-refractivity contribution in [3.8, 4) is 0 Å². The first kappa shape index (κ1) is 23.4. The minimum atomic E-state index is -4.09. The molecule has 3 rings (SSSR count). The number of ether oxygens (including phenoxy) is 2. The van der Waals surface area contributed by atoms with Crippen molar-refractivity contribution >= 4 is 29.3 Å². The largest absolute Gasteiger partial charge is 0.465 e. The number of sulfonamides is 1. The van der Waals surface area contributed by atoms with E-state index in [0.29, 0.717) is 5.57 Å². The van der Waals surface area contributed by atoms with Gasteiger partial charge in [0, 0.05) is 7.11 Å². The first-order valence-electron chi connectivity index (χ1n) is 10.1. The molecule has 2 atom stereocenters. The van der Waals surface area contributed by atoms with Gasteiger partial charge >= 0.3 is 5.97 Å². The summed E-state index contributed by atoms with van der Waals surface area (Å²) in [6, 6.07) is 15.1. The highest BCUT2D eigenvalue weighted by Gasteiger charge is 2.71. The average molecular weight is 460 g/mol. The number of carbonyl (C=O) groups is 1. The Balaban J connectivity index is 2.23. The van der Waals surface area contributed by atoms with Gasteiger partial charge in [-0.2, -0.15) is 0 Å². The fourth-order valence-corrected chi connectivity index (χ4v) is 10.7. The molecule has 1 unspecified atom stereocenters. The predicted molar refractivity (Wildman–Crippen MR) is 123 cm³/mol. The number of rotatable bonds is 7. The van der Waals surface area contributed by atoms with Crippen molar-refractivity contribution in [2.75, 3.05) is 13.7 Å². The fourth-order valence-electron chi connectivity index (χ4n) is 4.38. The molecule has 2 aromatic carbocycles. The number of nitrogens with zero attached hydrogens (tertiary/aromatic N) is 1. The number of methoxy groups -OCH3 is 1. The Bertz CT molecular complexity index is 1080. The molecule has 2 aromatic rings. The zero-order chi connectivity index (χ0) is 23.0. The molecule has 1 aliphatic heterocycles. The molecule has 0 N–H and O–H groups in total. The van der Waals surface area contributed by atoms with Crippen LogP contribution < -0.4 is 5.19 Å². The number of aryl methyl sites for hydroxylation is 1. The van der Waals surface area contributed by atoms with E-state index in [0.717, 1.165) is 10.8 Å². The molecule has 0 aromatic heterocycles. The van der Waals surface area contributed by atoms with Crippen LogP contribution in [0.25, 0.3) is 0 Å². The Kier molecular flexibility index (Phi) is 6.30. The van der Waals surface area contributed by atoms with Gasteiger partial charge in [0.25, 0.3) is 0 Å². The smallest absolute Gasteiger partial charge is 0.328 e. The Morgan fingerprint density at radius 3 is 2.23 bits per heavy atom. The third-order valence-corrected chi connectivity index (χ3v) is 12.3. The molecule has 0 bridgehead atoms. The van der Waals surface area contributed by atoms with Gasteiger partial charge in [-0.15, -0.1) is 4.31 Å². The quantitative estimate of drug-likeness (QED) is 0.362. The summed E-state index contributed by atoms with van der Waals surface area (Å²) in [5, 5.41) is -0.348. The third-order valence-electron chi connectivity index (χ3n) is 6.04. The predicted octanol–water partition coefficient (Wildman–Crippen LogP) is 2.98. The third kappa shape index (κ3) is 3.47. The monoisotopic (exact) mass is 459 g/mol. The van der Waals surface area contributed by atoms with E-state index >= 15 is 0 Å². The summed E-state index contributed by atoms with van der Waals surface area (Å²) < 4.78 is 40.1. The van der Waals surface area contributed by atoms with Crippen molar-refractivity contribution in [3.05, 3.63) is 72.3 Å². The van der Waals surface area contributed by atoms with Crippen LogP contribution in [0.3, 0.4) is 0 Å². The van der Waals surface area contributed by atoms with Gasteiger partial charge in [0.1, 0.15) is 13.4 Å². The van der Waals surface area contributed by atoms with Gasteiger partial charge in [-0.25, -0.2) is 13.2 Å². The van der Waals surface area contributed by atoms with Crippen molar-refractivity contribution < 1.29 is 22.7 Å². The molecule has 8 heteroatoms. The van der Waals surface area contributed by atoms with Crippen LogP contribution >= 0.6 is 0 Å². The van der Waals surface area contributed by atoms with E-state index in [-0.39, 0.29) is 11.5 Å². The lowest BCUT2D eigenvalue weighted by Gasteiger charge is -2.61. The first-order valence-corrected chi connectivity index (χ1v) is 14.6. The molecule has 0 saturated carbocycles. The van der Waals surface area contributed by atoms with E-state index in [4.69, 9.17) is 9.47 Å². The van der Waals surface area contributed by atoms with Gasteiger partial charge in [0.05, 0.1) is 11.5 Å². The summed E-state index contributed by atoms with van der Waals surface area (Å²) in [5.41, 5.74) is 1.34. The first-order chi connectivity index (χ1) is 14.6. The topological polar surface area (TPSA) is 72.9 Å². The molecule has 6 nitrogen and oxygen atoms in total. The standard InChI is InChI=1S/C23H29NO5SSi/c1-7-29-22(25)21-18(3)23(28-4,31(5,6)20-11-9-8-10-12-20)24(21)30(26,27)19-15-13-17(2)14-16-19/h8-16,21H,3,7H2,1-2,4-6H3/t21-,23?/m0/s1. The van der Waals surface area contributed by atoms with Crippen LogP contribution in [0.1, 0.15) is 12.5 Å². The highest BCUT2D eigenvalue weighted by Crippen LogP contribution is 2.51. The van der Waals surface area contributed by atoms with E-state index in [2.05, 4.69) is 6.58 Å². The van der Waals surface area contributed by atoms with E-state index < -0.39 is 35.5 Å². The lowest BCUT2D eigenvalue weighted by Crippen LogP contribution is -2.84. The molecule has 0 spiro atoms. The van der Waals surface area contributed by atoms with Gasteiger partial charge in [-0.3, -0.25) is 0 Å². The molecule has 1 heterocycles. The van der Waals surface area contributed by atoms with Crippen LogP contribution in [0.5, 0.6) is 0 Å². The molecule has 1 saturated heterocycles. The van der Waals surface area contributed by atoms with Gasteiger partial charge in [0.15, 0.2) is 6.04 Å². The second-order valence-corrected chi connectivity index (χ2v) is 14.5. The molecular formula is C23H29NO5SSi. The summed E-state index contributed by atoms with van der Waals surface area (Å²) >= 11 is 0. The van der Waals surface area contributed by atoms with E-state index in [1.807, 2.05) is 50.3 Å². The van der Waals surface area contributed by atoms with Crippen LogP contribution in [-0.2, 0) is 24.3 Å². The molecule has 0 radical (unpaired) electrons. The SMILES string of the molecule is C=C1[C@@H](C(=O)OCC)N(S(=O)(=O)c2ccc(C)cc2)C1(OC)[Si](C)(C)c1ccccc1. The van der Waals surface area contributed by atoms with Crippen LogP contribution in [0.4, 0.5) is 0 Å². The van der Waals surface area contributed by atoms with Crippen LogP contribution in [0, 0.1) is 6.92 Å². The molecule has 166 valence electrons. The number of carbonyl (C=O) groups excluding carboxylic acids is 1. The molecular weight excluding hydrogens is 430 g/mol. The molecule has 31 heavy (non-hydrogen) atoms. The van der Waals surface area contributed by atoms with Gasteiger partial charge < -0.3 is 9.47 Å². The summed E-state index contributed by atoms with van der Waals surface area (Å²) in [5.74, 6) is -0.645. The Morgan fingerprint density at radius 1 is 1.13 bits per heavy atom. The van der Waals surface area contributed by atoms with Crippen molar-refractivity contribution in [1.82, 2.24) is 4.31 Å². The second-order valence-electron chi connectivity index (χ2n) is 8.13. The summed E-state index contributed by atoms with van der Waals surface area (Å²) in [6.07, 6.45) is 0. The van der Waals surface area contributed by atoms with Crippen LogP contribution in [-0.4, -0.2) is 51.9 Å². The molecule has 1 aliphatic rings. The summed E-state index contributed by atoms with van der Waals surface area (Å²) in [7, 11) is -5.34. The zero-order valence-corrected chi connectivity index (χ0v) is 20.4. The van der Waals surface area contributed by atoms with Gasteiger partial charge in [0.2, 0.25) is 10.0 Å². The number of benzene rings is 2. The van der Waals surface area contributed by atoms with Gasteiger partial charge in [-0.1, -0.05) is 72.9 Å². The van der Waals surface area contributed by atoms with Crippen molar-refractivity contribution in [1.29, 1.82) is 0 Å². The number of hydrogen-bond donors (Lipinski definition) is 0. The number of hydrogen-bond acceptors (Lipinski definition) is 5. The maximum atomic E-state index is 13.9. The van der Waals surface area contributed by atoms with E-state index in [1.165, 1.54) is 11.4 Å². The highest BCUT2D eigenvalue weighted by atomic mass is 32.2. The Morgan fingerprint density at radius 2 is 1.71 bits per heavy atom. The second kappa shape index (κ2) is 8.35. The van der Waals surface area contributed by atoms with Crippen molar-refractivity contribution in [2.24, 2.45) is 0 Å². The molecule has 1 fully saturated rings. The number of esters is 1. The summed E-state index contributed by atoms with van der Waals surface area (Å²) in [6.45, 7) is 11.9. The van der Waals surface area contributed by atoms with E-state index in [9.17, 15) is 13.2 Å². The summed E-state index contributed by atoms with van der Waals surface area (Å²) in [4.78, 5) is 12.9. The van der Waals surface area contributed by atoms with E-state index in [1.54, 1.807) is 31.2 Å².